The predicted octanol–water partition coefficient (Wildman–Crippen LogP) is 0.678. The van der Waals surface area contributed by atoms with Gasteiger partial charge in [-0.25, -0.2) is 0 Å². The predicted molar refractivity (Wildman–Crippen MR) is 40.5 cm³/mol. The third kappa shape index (κ3) is 2.69. The molecule has 0 aromatic heterocycles. The van der Waals surface area contributed by atoms with E-state index in [1.165, 1.54) is 0 Å². The van der Waals surface area contributed by atoms with E-state index in [1.807, 2.05) is 7.05 Å². The molecule has 0 aliphatic heterocycles. The quantitative estimate of drug-likeness (QED) is 0.304. The van der Waals surface area contributed by atoms with Crippen molar-refractivity contribution in [1.82, 2.24) is 5.32 Å². The number of nitrogens with zero attached hydrogens (tertiary/aromatic N) is 1. The lowest BCUT2D eigenvalue weighted by Crippen LogP contribution is -2.14. The first kappa shape index (κ1) is 7.56. The first-order chi connectivity index (χ1) is 3.85. The molecule has 0 spiro atoms. The van der Waals surface area contributed by atoms with E-state index in [9.17, 15) is 0 Å². The van der Waals surface area contributed by atoms with Crippen LogP contribution in [0.2, 0.25) is 0 Å². The van der Waals surface area contributed by atoms with Crippen molar-refractivity contribution in [1.29, 1.82) is 0 Å². The van der Waals surface area contributed by atoms with Crippen molar-refractivity contribution in [3.8, 4) is 0 Å². The van der Waals surface area contributed by atoms with Gasteiger partial charge in [-0.1, -0.05) is 0 Å². The van der Waals surface area contributed by atoms with Gasteiger partial charge in [0.2, 0.25) is 0 Å². The van der Waals surface area contributed by atoms with Gasteiger partial charge in [0.1, 0.15) is 5.84 Å². The van der Waals surface area contributed by atoms with E-state index >= 15 is 0 Å². The largest absolute Gasteiger partial charge is 0.373 e. The maximum Gasteiger partial charge on any atom is 0.120 e. The molecule has 0 heterocycles. The molecule has 0 aliphatic carbocycles. The summed E-state index contributed by atoms with van der Waals surface area (Å²) >= 11 is 3.87. The summed E-state index contributed by atoms with van der Waals surface area (Å²) in [5, 5.41) is 4.50. The SMILES string of the molecule is C/N=C(/C=C\S)NC. The van der Waals surface area contributed by atoms with Crippen LogP contribution in [-0.2, 0) is 0 Å². The topological polar surface area (TPSA) is 24.4 Å². The van der Waals surface area contributed by atoms with Crippen LogP contribution in [0.1, 0.15) is 0 Å². The third-order valence-electron chi connectivity index (χ3n) is 0.729. The van der Waals surface area contributed by atoms with Crippen LogP contribution in [0.4, 0.5) is 0 Å². The standard InChI is InChI=1S/C5H10N2S/c1-6-5(7-2)3-4-8/h3-4,8H,1-2H3,(H,6,7)/b4-3-. The first-order valence-corrected chi connectivity index (χ1v) is 2.82. The maximum atomic E-state index is 3.87. The lowest BCUT2D eigenvalue weighted by Gasteiger charge is -1.93. The summed E-state index contributed by atoms with van der Waals surface area (Å²) in [4.78, 5) is 3.87. The lowest BCUT2D eigenvalue weighted by molar-refractivity contribution is 1.16. The Balaban J connectivity index is 3.72. The summed E-state index contributed by atoms with van der Waals surface area (Å²) in [6, 6.07) is 0. The number of hydrogen-bond donors (Lipinski definition) is 2. The summed E-state index contributed by atoms with van der Waals surface area (Å²) in [5.74, 6) is 0.833. The molecule has 2 nitrogen and oxygen atoms in total. The fourth-order valence-corrected chi connectivity index (χ4v) is 0.481. The Kier molecular flexibility index (Phi) is 4.45. The van der Waals surface area contributed by atoms with Crippen molar-refractivity contribution in [2.24, 2.45) is 4.99 Å². The fourth-order valence-electron chi connectivity index (χ4n) is 0.340. The van der Waals surface area contributed by atoms with E-state index < -0.39 is 0 Å². The number of likely N-dealkylation sites (N-methyl/N-ethyl adjacent to an activating group) is 1. The summed E-state index contributed by atoms with van der Waals surface area (Å²) < 4.78 is 0. The number of amidine groups is 1. The van der Waals surface area contributed by atoms with Crippen LogP contribution in [0.5, 0.6) is 0 Å². The maximum absolute atomic E-state index is 3.87. The molecular formula is C5H10N2S. The highest BCUT2D eigenvalue weighted by molar-refractivity contribution is 7.83. The molecule has 1 N–H and O–H groups in total. The van der Waals surface area contributed by atoms with Crippen molar-refractivity contribution in [3.05, 3.63) is 11.5 Å². The van der Waals surface area contributed by atoms with Crippen LogP contribution in [0.3, 0.4) is 0 Å². The summed E-state index contributed by atoms with van der Waals surface area (Å²) in [7, 11) is 3.54. The molecule has 0 aromatic carbocycles. The van der Waals surface area contributed by atoms with Crippen molar-refractivity contribution >= 4 is 18.5 Å². The van der Waals surface area contributed by atoms with Gasteiger partial charge in [-0.2, -0.15) is 12.6 Å². The highest BCUT2D eigenvalue weighted by Gasteiger charge is 1.79. The number of rotatable bonds is 1. The molecule has 3 heteroatoms. The van der Waals surface area contributed by atoms with Gasteiger partial charge in [0.15, 0.2) is 0 Å². The summed E-state index contributed by atoms with van der Waals surface area (Å²) in [5.41, 5.74) is 0. The minimum absolute atomic E-state index is 0.833. The zero-order chi connectivity index (χ0) is 6.41. The van der Waals surface area contributed by atoms with Gasteiger partial charge >= 0.3 is 0 Å². The number of thiol groups is 1. The molecule has 0 bridgehead atoms. The molecule has 0 aliphatic rings. The Hall–Kier alpha value is -0.440. The van der Waals surface area contributed by atoms with E-state index in [0.717, 1.165) is 5.84 Å². The Morgan fingerprint density at radius 2 is 2.38 bits per heavy atom. The molecule has 0 unspecified atom stereocenters. The van der Waals surface area contributed by atoms with Crippen LogP contribution >= 0.6 is 12.6 Å². The molecule has 0 saturated heterocycles. The van der Waals surface area contributed by atoms with E-state index in [2.05, 4.69) is 22.9 Å². The van der Waals surface area contributed by atoms with Crippen molar-refractivity contribution in [3.63, 3.8) is 0 Å². The second kappa shape index (κ2) is 4.71. The first-order valence-electron chi connectivity index (χ1n) is 2.30. The Morgan fingerprint density at radius 3 is 2.50 bits per heavy atom. The molecule has 46 valence electrons. The van der Waals surface area contributed by atoms with Gasteiger partial charge in [0.25, 0.3) is 0 Å². The van der Waals surface area contributed by atoms with Crippen LogP contribution in [0.25, 0.3) is 0 Å². The summed E-state index contributed by atoms with van der Waals surface area (Å²) in [6.07, 6.45) is 1.78. The molecule has 0 fully saturated rings. The van der Waals surface area contributed by atoms with Crippen molar-refractivity contribution in [2.45, 2.75) is 0 Å². The van der Waals surface area contributed by atoms with E-state index in [0.29, 0.717) is 0 Å². The number of nitrogens with one attached hydrogen (secondary N) is 1. The smallest absolute Gasteiger partial charge is 0.120 e. The zero-order valence-electron chi connectivity index (χ0n) is 5.05. The lowest BCUT2D eigenvalue weighted by atomic mass is 10.6. The minimum atomic E-state index is 0.833. The molecule has 8 heavy (non-hydrogen) atoms. The molecule has 0 rings (SSSR count). The van der Waals surface area contributed by atoms with Crippen LogP contribution in [0.15, 0.2) is 16.5 Å². The van der Waals surface area contributed by atoms with Gasteiger partial charge in [-0.05, 0) is 11.5 Å². The second-order valence-corrected chi connectivity index (χ2v) is 1.47. The molecule has 0 radical (unpaired) electrons. The molecular weight excluding hydrogens is 120 g/mol. The Labute approximate surface area is 55.1 Å². The number of aliphatic imine (C=N–C) groups is 1. The minimum Gasteiger partial charge on any atom is -0.373 e. The Bertz CT molecular complexity index is 104. The molecule has 0 saturated carbocycles. The summed E-state index contributed by atoms with van der Waals surface area (Å²) in [6.45, 7) is 0. The van der Waals surface area contributed by atoms with Gasteiger partial charge in [0.05, 0.1) is 0 Å². The van der Waals surface area contributed by atoms with Crippen LogP contribution in [0, 0.1) is 0 Å². The molecule has 0 aromatic rings. The van der Waals surface area contributed by atoms with Gasteiger partial charge in [-0.15, -0.1) is 0 Å². The van der Waals surface area contributed by atoms with Crippen LogP contribution in [-0.4, -0.2) is 19.9 Å². The van der Waals surface area contributed by atoms with Crippen LogP contribution < -0.4 is 5.32 Å². The van der Waals surface area contributed by atoms with E-state index in [1.54, 1.807) is 18.5 Å². The third-order valence-corrected chi connectivity index (χ3v) is 0.879. The fraction of sp³-hybridized carbons (Fsp3) is 0.400. The highest BCUT2D eigenvalue weighted by atomic mass is 32.1. The monoisotopic (exact) mass is 130 g/mol. The van der Waals surface area contributed by atoms with Gasteiger partial charge in [0, 0.05) is 14.1 Å². The Morgan fingerprint density at radius 1 is 1.75 bits per heavy atom. The zero-order valence-corrected chi connectivity index (χ0v) is 5.94. The van der Waals surface area contributed by atoms with Gasteiger partial charge in [-0.3, -0.25) is 4.99 Å². The highest BCUT2D eigenvalue weighted by Crippen LogP contribution is 1.77. The molecule has 0 atom stereocenters. The van der Waals surface area contributed by atoms with E-state index in [-0.39, 0.29) is 0 Å². The van der Waals surface area contributed by atoms with E-state index in [4.69, 9.17) is 0 Å². The normalized spacial score (nSPS) is 12.6. The van der Waals surface area contributed by atoms with Crippen molar-refractivity contribution < 1.29 is 0 Å². The average molecular weight is 130 g/mol. The van der Waals surface area contributed by atoms with Crippen molar-refractivity contribution in [2.75, 3.05) is 14.1 Å². The van der Waals surface area contributed by atoms with Gasteiger partial charge < -0.3 is 5.32 Å². The average Bonchev–Trinajstić information content (AvgIpc) is 1.83. The molecule has 0 amide bonds. The number of hydrogen-bond acceptors (Lipinski definition) is 2. The second-order valence-electron chi connectivity index (χ2n) is 1.17.